The molecule has 5 nitrogen and oxygen atoms in total. The van der Waals surface area contributed by atoms with Crippen LogP contribution in [-0.4, -0.2) is 15.5 Å². The van der Waals surface area contributed by atoms with E-state index in [0.29, 0.717) is 17.2 Å². The van der Waals surface area contributed by atoms with Gasteiger partial charge in [0.1, 0.15) is 0 Å². The number of carbonyl (C=O) groups excluding carboxylic acids is 1. The fourth-order valence-electron chi connectivity index (χ4n) is 3.75. The number of benzene rings is 1. The van der Waals surface area contributed by atoms with Crippen LogP contribution in [0.3, 0.4) is 0 Å². The molecule has 0 saturated heterocycles. The highest BCUT2D eigenvalue weighted by atomic mass is 16.1. The Morgan fingerprint density at radius 1 is 1.19 bits per heavy atom. The normalized spacial score (nSPS) is 11.3. The van der Waals surface area contributed by atoms with E-state index in [4.69, 9.17) is 0 Å². The van der Waals surface area contributed by atoms with Gasteiger partial charge in [-0.1, -0.05) is 19.9 Å². The first-order valence-corrected chi connectivity index (χ1v) is 9.53. The van der Waals surface area contributed by atoms with Crippen molar-refractivity contribution in [1.82, 2.24) is 14.9 Å². The van der Waals surface area contributed by atoms with Crippen LogP contribution in [0.4, 0.5) is 0 Å². The molecule has 0 atom stereocenters. The molecule has 1 amide bonds. The lowest BCUT2D eigenvalue weighted by Gasteiger charge is -2.16. The number of nitrogens with zero attached hydrogens (tertiary/aromatic N) is 1. The number of amides is 1. The van der Waals surface area contributed by atoms with Crippen molar-refractivity contribution < 1.29 is 4.79 Å². The summed E-state index contributed by atoms with van der Waals surface area (Å²) in [5, 5.41) is 3.85. The quantitative estimate of drug-likeness (QED) is 0.686. The van der Waals surface area contributed by atoms with E-state index < -0.39 is 0 Å². The molecule has 3 rings (SSSR count). The first kappa shape index (κ1) is 19.0. The maximum absolute atomic E-state index is 12.8. The fourth-order valence-corrected chi connectivity index (χ4v) is 3.75. The SMILES string of the molecule is CCC(CC)n1ccc2c(C(=O)NCc3c(C)cc(C)[nH]c3=O)cccc21. The summed E-state index contributed by atoms with van der Waals surface area (Å²) in [5.74, 6) is -0.165. The van der Waals surface area contributed by atoms with Crippen molar-refractivity contribution in [3.63, 3.8) is 0 Å². The van der Waals surface area contributed by atoms with E-state index in [-0.39, 0.29) is 18.0 Å². The highest BCUT2D eigenvalue weighted by Gasteiger charge is 2.16. The Morgan fingerprint density at radius 2 is 1.93 bits per heavy atom. The average Bonchev–Trinajstić information content (AvgIpc) is 3.06. The van der Waals surface area contributed by atoms with E-state index in [2.05, 4.69) is 41.0 Å². The Morgan fingerprint density at radius 3 is 2.59 bits per heavy atom. The molecule has 0 unspecified atom stereocenters. The number of carbonyl (C=O) groups is 1. The van der Waals surface area contributed by atoms with E-state index in [1.54, 1.807) is 0 Å². The van der Waals surface area contributed by atoms with Crippen molar-refractivity contribution in [3.8, 4) is 0 Å². The smallest absolute Gasteiger partial charge is 0.253 e. The molecule has 0 bridgehead atoms. The molecule has 0 aliphatic carbocycles. The molecule has 0 saturated carbocycles. The van der Waals surface area contributed by atoms with Gasteiger partial charge in [-0.2, -0.15) is 0 Å². The van der Waals surface area contributed by atoms with Gasteiger partial charge in [-0.25, -0.2) is 0 Å². The molecule has 0 fully saturated rings. The Labute approximate surface area is 159 Å². The molecule has 0 radical (unpaired) electrons. The molecule has 2 heterocycles. The average molecular weight is 365 g/mol. The van der Waals surface area contributed by atoms with Crippen molar-refractivity contribution in [2.75, 3.05) is 0 Å². The van der Waals surface area contributed by atoms with Gasteiger partial charge in [0, 0.05) is 46.5 Å². The van der Waals surface area contributed by atoms with Crippen LogP contribution in [0.5, 0.6) is 0 Å². The van der Waals surface area contributed by atoms with Crippen LogP contribution in [-0.2, 0) is 6.54 Å². The van der Waals surface area contributed by atoms with Crippen LogP contribution in [0.15, 0.2) is 41.3 Å². The summed E-state index contributed by atoms with van der Waals surface area (Å²) in [4.78, 5) is 27.8. The minimum absolute atomic E-state index is 0.147. The van der Waals surface area contributed by atoms with Gasteiger partial charge in [0.05, 0.1) is 0 Å². The first-order valence-electron chi connectivity index (χ1n) is 9.53. The number of hydrogen-bond donors (Lipinski definition) is 2. The molecule has 0 aliphatic heterocycles. The fraction of sp³-hybridized carbons (Fsp3) is 0.364. The number of aryl methyl sites for hydroxylation is 2. The van der Waals surface area contributed by atoms with Crippen LogP contribution < -0.4 is 10.9 Å². The summed E-state index contributed by atoms with van der Waals surface area (Å²) in [5.41, 5.74) is 3.86. The van der Waals surface area contributed by atoms with Crippen LogP contribution in [0.2, 0.25) is 0 Å². The molecule has 142 valence electrons. The number of fused-ring (bicyclic) bond motifs is 1. The van der Waals surface area contributed by atoms with Crippen LogP contribution in [0, 0.1) is 13.8 Å². The second-order valence-corrected chi connectivity index (χ2v) is 7.06. The van der Waals surface area contributed by atoms with Gasteiger partial charge >= 0.3 is 0 Å². The van der Waals surface area contributed by atoms with Gasteiger partial charge in [0.15, 0.2) is 0 Å². The number of hydrogen-bond acceptors (Lipinski definition) is 2. The molecule has 3 aromatic rings. The number of H-pyrrole nitrogens is 1. The maximum atomic E-state index is 12.8. The second-order valence-electron chi connectivity index (χ2n) is 7.06. The number of pyridine rings is 1. The largest absolute Gasteiger partial charge is 0.348 e. The van der Waals surface area contributed by atoms with Crippen LogP contribution >= 0.6 is 0 Å². The standard InChI is InChI=1S/C22H27N3O2/c1-5-16(6-2)25-11-10-17-18(8-7-9-20(17)25)21(26)23-13-19-14(3)12-15(4)24-22(19)27/h7-12,16H,5-6,13H2,1-4H3,(H,23,26)(H,24,27). The number of aromatic amines is 1. The van der Waals surface area contributed by atoms with Gasteiger partial charge in [-0.05, 0) is 56.5 Å². The predicted octanol–water partition coefficient (Wildman–Crippen LogP) is 4.24. The third-order valence-corrected chi connectivity index (χ3v) is 5.26. The van der Waals surface area contributed by atoms with Gasteiger partial charge in [-0.15, -0.1) is 0 Å². The van der Waals surface area contributed by atoms with E-state index in [0.717, 1.165) is 35.0 Å². The molecule has 1 aromatic carbocycles. The van der Waals surface area contributed by atoms with E-state index in [1.807, 2.05) is 38.1 Å². The van der Waals surface area contributed by atoms with Gasteiger partial charge in [0.2, 0.25) is 0 Å². The summed E-state index contributed by atoms with van der Waals surface area (Å²) in [7, 11) is 0. The summed E-state index contributed by atoms with van der Waals surface area (Å²) >= 11 is 0. The predicted molar refractivity (Wildman–Crippen MR) is 109 cm³/mol. The van der Waals surface area contributed by atoms with Crippen LogP contribution in [0.1, 0.15) is 59.9 Å². The molecular formula is C22H27N3O2. The highest BCUT2D eigenvalue weighted by Crippen LogP contribution is 2.26. The van der Waals surface area contributed by atoms with Crippen molar-refractivity contribution >= 4 is 16.8 Å². The zero-order valence-electron chi connectivity index (χ0n) is 16.4. The van der Waals surface area contributed by atoms with Crippen molar-refractivity contribution in [2.24, 2.45) is 0 Å². The Kier molecular flexibility index (Phi) is 5.49. The Bertz CT molecular complexity index is 1030. The van der Waals surface area contributed by atoms with Gasteiger partial charge in [0.25, 0.3) is 11.5 Å². The molecule has 27 heavy (non-hydrogen) atoms. The van der Waals surface area contributed by atoms with E-state index in [1.165, 1.54) is 0 Å². The van der Waals surface area contributed by atoms with Crippen LogP contribution in [0.25, 0.3) is 10.9 Å². The minimum atomic E-state index is -0.165. The molecule has 2 N–H and O–H groups in total. The van der Waals surface area contributed by atoms with E-state index >= 15 is 0 Å². The molecule has 2 aromatic heterocycles. The number of aromatic nitrogens is 2. The van der Waals surface area contributed by atoms with Crippen molar-refractivity contribution in [2.45, 2.75) is 53.1 Å². The van der Waals surface area contributed by atoms with Gasteiger partial charge in [-0.3, -0.25) is 9.59 Å². The number of rotatable bonds is 6. The lowest BCUT2D eigenvalue weighted by molar-refractivity contribution is 0.0952. The third-order valence-electron chi connectivity index (χ3n) is 5.26. The lowest BCUT2D eigenvalue weighted by Crippen LogP contribution is -2.28. The monoisotopic (exact) mass is 365 g/mol. The zero-order chi connectivity index (χ0) is 19.6. The molecule has 0 aliphatic rings. The molecular weight excluding hydrogens is 338 g/mol. The lowest BCUT2D eigenvalue weighted by atomic mass is 10.1. The van der Waals surface area contributed by atoms with Gasteiger partial charge < -0.3 is 14.9 Å². The van der Waals surface area contributed by atoms with Crippen molar-refractivity contribution in [1.29, 1.82) is 0 Å². The third kappa shape index (κ3) is 3.68. The summed E-state index contributed by atoms with van der Waals surface area (Å²) < 4.78 is 2.25. The second kappa shape index (κ2) is 7.82. The topological polar surface area (TPSA) is 66.9 Å². The molecule has 0 spiro atoms. The van der Waals surface area contributed by atoms with Crippen molar-refractivity contribution in [3.05, 3.63) is 69.3 Å². The highest BCUT2D eigenvalue weighted by molar-refractivity contribution is 6.06. The maximum Gasteiger partial charge on any atom is 0.253 e. The Hall–Kier alpha value is -2.82. The zero-order valence-corrected chi connectivity index (χ0v) is 16.4. The minimum Gasteiger partial charge on any atom is -0.348 e. The Balaban J connectivity index is 1.88. The first-order chi connectivity index (χ1) is 13.0. The van der Waals surface area contributed by atoms with E-state index in [9.17, 15) is 9.59 Å². The summed E-state index contributed by atoms with van der Waals surface area (Å²) in [6, 6.07) is 10.2. The summed E-state index contributed by atoms with van der Waals surface area (Å²) in [6.07, 6.45) is 4.16. The number of nitrogens with one attached hydrogen (secondary N) is 2. The molecule has 5 heteroatoms. The summed E-state index contributed by atoms with van der Waals surface area (Å²) in [6.45, 7) is 8.31.